The first-order chi connectivity index (χ1) is 10.1. The lowest BCUT2D eigenvalue weighted by Crippen LogP contribution is -2.68. The molecule has 2 aliphatic heterocycles. The summed E-state index contributed by atoms with van der Waals surface area (Å²) in [6.07, 6.45) is 3.48. The number of aliphatic hydroxyl groups excluding tert-OH is 1. The molecule has 2 saturated heterocycles. The number of fused-ring (bicyclic) bond motifs is 2. The topological polar surface area (TPSA) is 32.7 Å². The number of aliphatic hydroxyl groups is 1. The minimum absolute atomic E-state index is 0. The van der Waals surface area contributed by atoms with Crippen LogP contribution in [0.4, 0.5) is 0 Å². The van der Waals surface area contributed by atoms with Gasteiger partial charge in [-0.2, -0.15) is 0 Å². The Morgan fingerprint density at radius 1 is 1.36 bits per heavy atom. The van der Waals surface area contributed by atoms with E-state index >= 15 is 0 Å². The molecule has 0 radical (unpaired) electrons. The predicted molar refractivity (Wildman–Crippen MR) is 89.9 cm³/mol. The van der Waals surface area contributed by atoms with Crippen molar-refractivity contribution in [2.75, 3.05) is 20.8 Å². The molecule has 5 unspecified atom stereocenters. The molecule has 1 aromatic carbocycles. The molecule has 4 aliphatic rings. The Kier molecular flexibility index (Phi) is 3.95. The lowest BCUT2D eigenvalue weighted by Gasteiger charge is -2.64. The lowest BCUT2D eigenvalue weighted by atomic mass is 9.50. The summed E-state index contributed by atoms with van der Waals surface area (Å²) in [5.74, 6) is 2.09. The van der Waals surface area contributed by atoms with Gasteiger partial charge in [0.25, 0.3) is 0 Å². The van der Waals surface area contributed by atoms with Crippen molar-refractivity contribution in [3.8, 4) is 5.75 Å². The number of hydrogen-bond acceptors (Lipinski definition) is 3. The molecule has 5 atom stereocenters. The van der Waals surface area contributed by atoms with Gasteiger partial charge in [0.1, 0.15) is 5.75 Å². The van der Waals surface area contributed by atoms with Crippen LogP contribution in [0.1, 0.15) is 30.9 Å². The maximum Gasteiger partial charge on any atom is 0.119 e. The van der Waals surface area contributed by atoms with Gasteiger partial charge in [0.2, 0.25) is 0 Å². The molecule has 2 heterocycles. The van der Waals surface area contributed by atoms with Crippen molar-refractivity contribution in [3.05, 3.63) is 29.3 Å². The van der Waals surface area contributed by atoms with Crippen LogP contribution in [0, 0.1) is 11.8 Å². The molecular formula is C18H26ClNO2. The minimum atomic E-state index is 0. The van der Waals surface area contributed by atoms with Crippen LogP contribution in [0.5, 0.6) is 5.75 Å². The molecule has 3 fully saturated rings. The van der Waals surface area contributed by atoms with E-state index in [4.69, 9.17) is 4.74 Å². The Morgan fingerprint density at radius 2 is 2.14 bits per heavy atom. The van der Waals surface area contributed by atoms with Crippen molar-refractivity contribution in [1.82, 2.24) is 4.90 Å². The lowest BCUT2D eigenvalue weighted by molar-refractivity contribution is -0.0993. The van der Waals surface area contributed by atoms with E-state index in [1.54, 1.807) is 7.11 Å². The van der Waals surface area contributed by atoms with Crippen molar-refractivity contribution in [1.29, 1.82) is 0 Å². The number of hydrogen-bond donors (Lipinski definition) is 1. The number of piperidine rings is 2. The van der Waals surface area contributed by atoms with Gasteiger partial charge in [0, 0.05) is 18.7 Å². The van der Waals surface area contributed by atoms with Crippen molar-refractivity contribution >= 4 is 12.4 Å². The van der Waals surface area contributed by atoms with Gasteiger partial charge in [-0.1, -0.05) is 13.0 Å². The zero-order valence-corrected chi connectivity index (χ0v) is 14.4. The molecule has 1 aromatic rings. The summed E-state index contributed by atoms with van der Waals surface area (Å²) in [7, 11) is 4.01. The van der Waals surface area contributed by atoms with Gasteiger partial charge >= 0.3 is 0 Å². The first kappa shape index (κ1) is 16.1. The summed E-state index contributed by atoms with van der Waals surface area (Å²) in [5, 5.41) is 9.71. The molecule has 22 heavy (non-hydrogen) atoms. The molecular weight excluding hydrogens is 298 g/mol. The number of halogens is 1. The highest BCUT2D eigenvalue weighted by Crippen LogP contribution is 2.57. The summed E-state index contributed by atoms with van der Waals surface area (Å²) in [6.45, 7) is 2.77. The van der Waals surface area contributed by atoms with Gasteiger partial charge in [-0.25, -0.2) is 0 Å². The first-order valence-electron chi connectivity index (χ1n) is 8.08. The van der Waals surface area contributed by atoms with Crippen LogP contribution in [0.3, 0.4) is 0 Å². The van der Waals surface area contributed by atoms with Crippen molar-refractivity contribution < 1.29 is 9.84 Å². The minimum Gasteiger partial charge on any atom is -0.497 e. The largest absolute Gasteiger partial charge is 0.497 e. The highest BCUT2D eigenvalue weighted by atomic mass is 35.5. The third kappa shape index (κ3) is 1.95. The van der Waals surface area contributed by atoms with E-state index in [0.717, 1.165) is 18.6 Å². The third-order valence-electron chi connectivity index (χ3n) is 6.66. The zero-order valence-electron chi connectivity index (χ0n) is 13.6. The second kappa shape index (κ2) is 5.40. The van der Waals surface area contributed by atoms with Gasteiger partial charge in [0.15, 0.2) is 0 Å². The Hall–Kier alpha value is -0.770. The van der Waals surface area contributed by atoms with Crippen LogP contribution >= 0.6 is 12.4 Å². The van der Waals surface area contributed by atoms with Crippen LogP contribution in [0.15, 0.2) is 18.2 Å². The van der Waals surface area contributed by atoms with E-state index in [9.17, 15) is 5.11 Å². The molecule has 0 spiro atoms. The summed E-state index contributed by atoms with van der Waals surface area (Å²) in [6, 6.07) is 7.78. The molecule has 1 saturated carbocycles. The van der Waals surface area contributed by atoms with Crippen LogP contribution in [-0.4, -0.2) is 42.9 Å². The molecule has 4 heteroatoms. The maximum absolute atomic E-state index is 9.71. The Morgan fingerprint density at radius 3 is 2.82 bits per heavy atom. The Bertz CT molecular complexity index is 578. The second-order valence-electron chi connectivity index (χ2n) is 7.43. The van der Waals surface area contributed by atoms with Crippen LogP contribution < -0.4 is 4.74 Å². The van der Waals surface area contributed by atoms with Gasteiger partial charge in [-0.15, -0.1) is 12.4 Å². The highest BCUT2D eigenvalue weighted by Gasteiger charge is 2.58. The molecule has 4 bridgehead atoms. The standard InChI is InChI=1S/C18H25NO2.ClH/c1-18-9-17-12(10-20)6-15(18)16(19(17)2)7-11-4-5-13(21-3)8-14(11)18;/h4-5,8,12,15-17,20H,6-7,9-10H2,1-3H3;1H. The molecule has 5 rings (SSSR count). The fraction of sp³-hybridized carbons (Fsp3) is 0.667. The van der Waals surface area contributed by atoms with Crippen molar-refractivity contribution in [2.45, 2.75) is 43.7 Å². The Balaban J connectivity index is 0.00000144. The molecule has 1 N–H and O–H groups in total. The van der Waals surface area contributed by atoms with Gasteiger partial charge < -0.3 is 9.84 Å². The second-order valence-corrected chi connectivity index (χ2v) is 7.43. The normalized spacial score (nSPS) is 39.1. The average Bonchev–Trinajstić information content (AvgIpc) is 2.50. The number of ether oxygens (including phenoxy) is 1. The van der Waals surface area contributed by atoms with E-state index in [-0.39, 0.29) is 17.8 Å². The molecule has 0 amide bonds. The van der Waals surface area contributed by atoms with Crippen LogP contribution in [-0.2, 0) is 11.8 Å². The summed E-state index contributed by atoms with van der Waals surface area (Å²) >= 11 is 0. The zero-order chi connectivity index (χ0) is 14.8. The van der Waals surface area contributed by atoms with Gasteiger partial charge in [-0.3, -0.25) is 4.90 Å². The fourth-order valence-corrected chi connectivity index (χ4v) is 5.49. The molecule has 2 aliphatic carbocycles. The maximum atomic E-state index is 9.71. The number of benzene rings is 1. The van der Waals surface area contributed by atoms with Gasteiger partial charge in [0.05, 0.1) is 7.11 Å². The van der Waals surface area contributed by atoms with E-state index in [0.29, 0.717) is 30.5 Å². The molecule has 3 nitrogen and oxygen atoms in total. The van der Waals surface area contributed by atoms with Crippen molar-refractivity contribution in [2.24, 2.45) is 11.8 Å². The number of methoxy groups -OCH3 is 1. The number of nitrogens with zero attached hydrogens (tertiary/aromatic N) is 1. The van der Waals surface area contributed by atoms with Crippen molar-refractivity contribution in [3.63, 3.8) is 0 Å². The first-order valence-corrected chi connectivity index (χ1v) is 8.08. The van der Waals surface area contributed by atoms with E-state index in [1.807, 2.05) is 0 Å². The van der Waals surface area contributed by atoms with E-state index in [1.165, 1.54) is 17.5 Å². The summed E-state index contributed by atoms with van der Waals surface area (Å²) < 4.78 is 5.46. The monoisotopic (exact) mass is 323 g/mol. The predicted octanol–water partition coefficient (Wildman–Crippen LogP) is 2.63. The third-order valence-corrected chi connectivity index (χ3v) is 6.66. The van der Waals surface area contributed by atoms with E-state index < -0.39 is 0 Å². The fourth-order valence-electron chi connectivity index (χ4n) is 5.49. The number of likely N-dealkylation sites (N-methyl/N-ethyl adjacent to an activating group) is 1. The SMILES string of the molecule is COc1ccc2c(c1)C1(C)CC3C(CO)CC1C(C2)N3C.Cl. The summed E-state index contributed by atoms with van der Waals surface area (Å²) in [5.41, 5.74) is 3.24. The van der Waals surface area contributed by atoms with Crippen LogP contribution in [0.2, 0.25) is 0 Å². The quantitative estimate of drug-likeness (QED) is 0.908. The highest BCUT2D eigenvalue weighted by molar-refractivity contribution is 5.85. The van der Waals surface area contributed by atoms with E-state index in [2.05, 4.69) is 37.1 Å². The summed E-state index contributed by atoms with van der Waals surface area (Å²) in [4.78, 5) is 2.56. The Labute approximate surface area is 139 Å². The molecule has 0 aromatic heterocycles. The number of rotatable bonds is 2. The van der Waals surface area contributed by atoms with Gasteiger partial charge in [-0.05, 0) is 66.8 Å². The van der Waals surface area contributed by atoms with Crippen LogP contribution in [0.25, 0.3) is 0 Å². The molecule has 122 valence electrons. The average molecular weight is 324 g/mol. The smallest absolute Gasteiger partial charge is 0.119 e.